The van der Waals surface area contributed by atoms with Gasteiger partial charge in [0, 0.05) is 17.5 Å². The Kier molecular flexibility index (Phi) is 3.70. The first-order chi connectivity index (χ1) is 9.43. The number of nitrogens with two attached hydrogens (primary N) is 1. The van der Waals surface area contributed by atoms with Crippen molar-refractivity contribution >= 4 is 22.4 Å². The van der Waals surface area contributed by atoms with E-state index in [0.29, 0.717) is 10.9 Å². The Balaban J connectivity index is 2.37. The summed E-state index contributed by atoms with van der Waals surface area (Å²) in [4.78, 5) is 17.9. The lowest BCUT2D eigenvalue weighted by Crippen LogP contribution is -2.35. The van der Waals surface area contributed by atoms with E-state index in [1.165, 1.54) is 24.5 Å². The molecule has 0 unspecified atom stereocenters. The molecule has 2 rings (SSSR count). The maximum Gasteiger partial charge on any atom is 0.276 e. The first-order valence-corrected chi connectivity index (χ1v) is 5.64. The van der Waals surface area contributed by atoms with Crippen molar-refractivity contribution in [2.45, 2.75) is 5.92 Å². The summed E-state index contributed by atoms with van der Waals surface area (Å²) in [5.41, 5.74) is 5.19. The molecule has 0 spiro atoms. The van der Waals surface area contributed by atoms with Gasteiger partial charge in [-0.2, -0.15) is 0 Å². The van der Waals surface area contributed by atoms with Crippen molar-refractivity contribution < 1.29 is 13.7 Å². The fourth-order valence-corrected chi connectivity index (χ4v) is 1.58. The summed E-state index contributed by atoms with van der Waals surface area (Å²) in [6, 6.07) is 3.95. The molecular weight excluding hydrogens is 272 g/mol. The predicted octanol–water partition coefficient (Wildman–Crippen LogP) is 1.54. The fraction of sp³-hybridized carbons (Fsp3) is 0.273. The quantitative estimate of drug-likeness (QED) is 0.636. The van der Waals surface area contributed by atoms with Crippen LogP contribution < -0.4 is 11.1 Å². The third-order valence-corrected chi connectivity index (χ3v) is 2.64. The molecule has 106 valence electrons. The van der Waals surface area contributed by atoms with E-state index in [-0.39, 0.29) is 11.5 Å². The van der Waals surface area contributed by atoms with Crippen molar-refractivity contribution in [2.24, 2.45) is 5.73 Å². The lowest BCUT2D eigenvalue weighted by molar-refractivity contribution is -0.384. The van der Waals surface area contributed by atoms with Gasteiger partial charge in [0.25, 0.3) is 11.6 Å². The highest BCUT2D eigenvalue weighted by Crippen LogP contribution is 2.25. The summed E-state index contributed by atoms with van der Waals surface area (Å²) in [5, 5.41) is 13.5. The van der Waals surface area contributed by atoms with E-state index in [0.717, 1.165) is 0 Å². The van der Waals surface area contributed by atoms with E-state index >= 15 is 0 Å². The van der Waals surface area contributed by atoms with Crippen LogP contribution in [0.3, 0.4) is 0 Å². The number of halogens is 2. The number of hydrogen-bond acceptors (Lipinski definition) is 6. The number of hydrogen-bond donors (Lipinski definition) is 2. The number of nitrogens with one attached hydrogen (secondary N) is 1. The molecule has 0 radical (unpaired) electrons. The van der Waals surface area contributed by atoms with Crippen molar-refractivity contribution in [3.63, 3.8) is 0 Å². The highest BCUT2D eigenvalue weighted by molar-refractivity contribution is 5.90. The zero-order valence-electron chi connectivity index (χ0n) is 10.2. The second-order valence-corrected chi connectivity index (χ2v) is 4.09. The molecule has 1 aromatic carbocycles. The number of rotatable bonds is 5. The van der Waals surface area contributed by atoms with Gasteiger partial charge in [0.05, 0.1) is 23.5 Å². The van der Waals surface area contributed by atoms with Crippen molar-refractivity contribution in [1.82, 2.24) is 9.97 Å². The Morgan fingerprint density at radius 1 is 1.40 bits per heavy atom. The Hall–Kier alpha value is -2.42. The first kappa shape index (κ1) is 14.0. The Bertz CT molecular complexity index is 650. The SMILES string of the molecule is NCC(F)(F)CNc1ncnc2ccc([N+](=O)[O-])cc12. The van der Waals surface area contributed by atoms with Crippen LogP contribution in [0.5, 0.6) is 0 Å². The third kappa shape index (κ3) is 2.94. The van der Waals surface area contributed by atoms with Gasteiger partial charge < -0.3 is 11.1 Å². The zero-order valence-corrected chi connectivity index (χ0v) is 10.2. The van der Waals surface area contributed by atoms with Crippen LogP contribution in [0.15, 0.2) is 24.5 Å². The fourth-order valence-electron chi connectivity index (χ4n) is 1.58. The van der Waals surface area contributed by atoms with E-state index in [9.17, 15) is 18.9 Å². The van der Waals surface area contributed by atoms with Crippen molar-refractivity contribution in [3.8, 4) is 0 Å². The van der Waals surface area contributed by atoms with Crippen LogP contribution in [0.25, 0.3) is 10.9 Å². The van der Waals surface area contributed by atoms with Gasteiger partial charge in [0.1, 0.15) is 12.1 Å². The van der Waals surface area contributed by atoms with Gasteiger partial charge in [0.2, 0.25) is 0 Å². The van der Waals surface area contributed by atoms with Crippen LogP contribution in [0, 0.1) is 10.1 Å². The Labute approximate surface area is 112 Å². The average Bonchev–Trinajstić information content (AvgIpc) is 2.44. The molecule has 0 bridgehead atoms. The van der Waals surface area contributed by atoms with Crippen molar-refractivity contribution in [1.29, 1.82) is 0 Å². The van der Waals surface area contributed by atoms with E-state index in [1.807, 2.05) is 0 Å². The second-order valence-electron chi connectivity index (χ2n) is 4.09. The first-order valence-electron chi connectivity index (χ1n) is 5.64. The predicted molar refractivity (Wildman–Crippen MR) is 68.7 cm³/mol. The van der Waals surface area contributed by atoms with Gasteiger partial charge in [0.15, 0.2) is 0 Å². The van der Waals surface area contributed by atoms with Crippen LogP contribution in [-0.2, 0) is 0 Å². The van der Waals surface area contributed by atoms with Crippen LogP contribution in [0.1, 0.15) is 0 Å². The summed E-state index contributed by atoms with van der Waals surface area (Å²) in [6.07, 6.45) is 1.19. The Morgan fingerprint density at radius 2 is 2.15 bits per heavy atom. The molecular formula is C11H11F2N5O2. The minimum Gasteiger partial charge on any atom is -0.363 e. The number of aromatic nitrogens is 2. The molecule has 7 nitrogen and oxygen atoms in total. The van der Waals surface area contributed by atoms with Crippen LogP contribution in [0.2, 0.25) is 0 Å². The highest BCUT2D eigenvalue weighted by atomic mass is 19.3. The van der Waals surface area contributed by atoms with Crippen molar-refractivity contribution in [3.05, 3.63) is 34.6 Å². The number of non-ortho nitro benzene ring substituents is 1. The molecule has 2 aromatic rings. The van der Waals surface area contributed by atoms with E-state index in [1.54, 1.807) is 0 Å². The number of nitro benzene ring substituents is 1. The van der Waals surface area contributed by atoms with Gasteiger partial charge in [-0.15, -0.1) is 0 Å². The summed E-state index contributed by atoms with van der Waals surface area (Å²) in [5.74, 6) is -2.98. The zero-order chi connectivity index (χ0) is 14.8. The Morgan fingerprint density at radius 3 is 2.80 bits per heavy atom. The molecule has 0 amide bonds. The van der Waals surface area contributed by atoms with Gasteiger partial charge in [-0.05, 0) is 6.07 Å². The summed E-state index contributed by atoms with van der Waals surface area (Å²) in [7, 11) is 0. The molecule has 0 aliphatic carbocycles. The second kappa shape index (κ2) is 5.29. The molecule has 3 N–H and O–H groups in total. The lowest BCUT2D eigenvalue weighted by atomic mass is 10.2. The topological polar surface area (TPSA) is 107 Å². The molecule has 0 aliphatic heterocycles. The molecule has 1 heterocycles. The maximum absolute atomic E-state index is 13.1. The van der Waals surface area contributed by atoms with Gasteiger partial charge >= 0.3 is 0 Å². The average molecular weight is 283 g/mol. The summed E-state index contributed by atoms with van der Waals surface area (Å²) >= 11 is 0. The van der Waals surface area contributed by atoms with E-state index in [2.05, 4.69) is 15.3 Å². The number of alkyl halides is 2. The molecule has 0 saturated heterocycles. The minimum absolute atomic E-state index is 0.104. The number of nitro groups is 1. The van der Waals surface area contributed by atoms with Gasteiger partial charge in [-0.25, -0.2) is 18.7 Å². The smallest absolute Gasteiger partial charge is 0.276 e. The van der Waals surface area contributed by atoms with Crippen molar-refractivity contribution in [2.75, 3.05) is 18.4 Å². The number of benzene rings is 1. The van der Waals surface area contributed by atoms with E-state index in [4.69, 9.17) is 5.73 Å². The lowest BCUT2D eigenvalue weighted by Gasteiger charge is -2.15. The largest absolute Gasteiger partial charge is 0.363 e. The normalized spacial score (nSPS) is 11.6. The number of nitrogens with zero attached hydrogens (tertiary/aromatic N) is 3. The monoisotopic (exact) mass is 283 g/mol. The summed E-state index contributed by atoms with van der Waals surface area (Å²) in [6.45, 7) is -1.51. The molecule has 1 aromatic heterocycles. The highest BCUT2D eigenvalue weighted by Gasteiger charge is 2.26. The number of fused-ring (bicyclic) bond motifs is 1. The van der Waals surface area contributed by atoms with Crippen LogP contribution in [0.4, 0.5) is 20.3 Å². The molecule has 0 fully saturated rings. The van der Waals surface area contributed by atoms with Gasteiger partial charge in [-0.1, -0.05) is 0 Å². The molecule has 0 atom stereocenters. The minimum atomic E-state index is -3.09. The van der Waals surface area contributed by atoms with Crippen LogP contribution >= 0.6 is 0 Å². The molecule has 0 aliphatic rings. The summed E-state index contributed by atoms with van der Waals surface area (Å²) < 4.78 is 26.2. The number of anilines is 1. The van der Waals surface area contributed by atoms with E-state index < -0.39 is 23.9 Å². The van der Waals surface area contributed by atoms with Gasteiger partial charge in [-0.3, -0.25) is 10.1 Å². The molecule has 20 heavy (non-hydrogen) atoms. The van der Waals surface area contributed by atoms with Crippen LogP contribution in [-0.4, -0.2) is 33.9 Å². The molecule has 0 saturated carbocycles. The standard InChI is InChI=1S/C11H11F2N5O2/c12-11(13,4-14)5-15-10-8-3-7(18(19)20)1-2-9(8)16-6-17-10/h1-3,6H,4-5,14H2,(H,15,16,17). The molecule has 9 heteroatoms. The maximum atomic E-state index is 13.1. The third-order valence-electron chi connectivity index (χ3n) is 2.64.